The molecule has 0 aromatic carbocycles. The van der Waals surface area contributed by atoms with Gasteiger partial charge in [0.05, 0.1) is 0 Å². The highest BCUT2D eigenvalue weighted by Gasteiger charge is 1.65. The Hall–Kier alpha value is -1.75. The summed E-state index contributed by atoms with van der Waals surface area (Å²) in [5.41, 5.74) is 0. The zero-order chi connectivity index (χ0) is 11.4. The zero-order valence-corrected chi connectivity index (χ0v) is 9.09. The molecule has 0 amide bonds. The minimum absolute atomic E-state index is 0.833. The van der Waals surface area contributed by atoms with Crippen molar-refractivity contribution >= 4 is 17.3 Å². The predicted molar refractivity (Wildman–Crippen MR) is 59.7 cm³/mol. The number of hydrogen-bond acceptors (Lipinski definition) is 4. The van der Waals surface area contributed by atoms with Crippen LogP contribution in [0.4, 0.5) is 0 Å². The summed E-state index contributed by atoms with van der Waals surface area (Å²) in [5, 5.41) is 11.5. The summed E-state index contributed by atoms with van der Waals surface area (Å²) in [6.07, 6.45) is 4.88. The summed E-state index contributed by atoms with van der Waals surface area (Å²) in [4.78, 5) is 16.3. The van der Waals surface area contributed by atoms with E-state index >= 15 is 0 Å². The molecule has 0 unspecified atom stereocenters. The lowest BCUT2D eigenvalue weighted by atomic mass is 10.7. The van der Waals surface area contributed by atoms with Gasteiger partial charge >= 0.3 is 0 Å². The minimum Gasteiger partial charge on any atom is -0.481 e. The SMILES string of the molecule is CC(=O)O.c1ccsc1.c1cncnc1. The van der Waals surface area contributed by atoms with Crippen LogP contribution in [0.5, 0.6) is 0 Å². The fraction of sp³-hybridized carbons (Fsp3) is 0.100. The van der Waals surface area contributed by atoms with E-state index in [0.29, 0.717) is 0 Å². The average molecular weight is 224 g/mol. The van der Waals surface area contributed by atoms with Crippen LogP contribution in [0.2, 0.25) is 0 Å². The van der Waals surface area contributed by atoms with Gasteiger partial charge in [-0.25, -0.2) is 9.97 Å². The number of hydrogen-bond donors (Lipinski definition) is 1. The van der Waals surface area contributed by atoms with E-state index in [2.05, 4.69) is 9.97 Å². The highest BCUT2D eigenvalue weighted by Crippen LogP contribution is 1.91. The molecular formula is C10H12N2O2S. The van der Waals surface area contributed by atoms with Gasteiger partial charge in [-0.1, -0.05) is 12.1 Å². The lowest BCUT2D eigenvalue weighted by Gasteiger charge is -1.70. The first-order chi connectivity index (χ1) is 7.23. The van der Waals surface area contributed by atoms with Gasteiger partial charge in [0.1, 0.15) is 6.33 Å². The van der Waals surface area contributed by atoms with Crippen LogP contribution in [0, 0.1) is 0 Å². The predicted octanol–water partition coefficient (Wildman–Crippen LogP) is 2.32. The summed E-state index contributed by atoms with van der Waals surface area (Å²) >= 11 is 1.71. The van der Waals surface area contributed by atoms with Crippen molar-refractivity contribution in [1.29, 1.82) is 0 Å². The molecule has 0 bridgehead atoms. The van der Waals surface area contributed by atoms with Crippen LogP contribution in [0.25, 0.3) is 0 Å². The van der Waals surface area contributed by atoms with E-state index in [4.69, 9.17) is 9.90 Å². The number of aliphatic carboxylic acids is 1. The van der Waals surface area contributed by atoms with E-state index < -0.39 is 5.97 Å². The fourth-order valence-corrected chi connectivity index (χ4v) is 0.934. The van der Waals surface area contributed by atoms with Crippen molar-refractivity contribution in [2.24, 2.45) is 0 Å². The van der Waals surface area contributed by atoms with Crippen molar-refractivity contribution < 1.29 is 9.90 Å². The Kier molecular flexibility index (Phi) is 9.13. The third-order valence-electron chi connectivity index (χ3n) is 0.903. The number of carboxylic acid groups (broad SMARTS) is 1. The van der Waals surface area contributed by atoms with Crippen molar-refractivity contribution in [1.82, 2.24) is 9.97 Å². The van der Waals surface area contributed by atoms with Gasteiger partial charge in [-0.3, -0.25) is 4.79 Å². The van der Waals surface area contributed by atoms with Crippen LogP contribution in [0.3, 0.4) is 0 Å². The number of thiophene rings is 1. The van der Waals surface area contributed by atoms with E-state index in [-0.39, 0.29) is 0 Å². The summed E-state index contributed by atoms with van der Waals surface area (Å²) in [6.45, 7) is 1.08. The fourth-order valence-electron chi connectivity index (χ4n) is 0.480. The van der Waals surface area contributed by atoms with E-state index in [0.717, 1.165) is 6.92 Å². The van der Waals surface area contributed by atoms with Crippen LogP contribution >= 0.6 is 11.3 Å². The van der Waals surface area contributed by atoms with Gasteiger partial charge in [-0.2, -0.15) is 11.3 Å². The van der Waals surface area contributed by atoms with Gasteiger partial charge in [0, 0.05) is 19.3 Å². The summed E-state index contributed by atoms with van der Waals surface area (Å²) in [5.74, 6) is -0.833. The molecule has 1 N–H and O–H groups in total. The van der Waals surface area contributed by atoms with E-state index in [1.165, 1.54) is 6.33 Å². The van der Waals surface area contributed by atoms with Crippen LogP contribution in [0.1, 0.15) is 6.92 Å². The molecule has 0 saturated carbocycles. The number of carboxylic acids is 1. The molecular weight excluding hydrogens is 212 g/mol. The molecule has 5 heteroatoms. The molecule has 15 heavy (non-hydrogen) atoms. The summed E-state index contributed by atoms with van der Waals surface area (Å²) < 4.78 is 0. The molecule has 2 rings (SSSR count). The molecule has 4 nitrogen and oxygen atoms in total. The molecule has 0 aliphatic heterocycles. The first-order valence-corrected chi connectivity index (χ1v) is 5.04. The second-order valence-corrected chi connectivity index (χ2v) is 3.03. The average Bonchev–Trinajstić information content (AvgIpc) is 2.77. The van der Waals surface area contributed by atoms with E-state index in [1.54, 1.807) is 29.8 Å². The Morgan fingerprint density at radius 2 is 1.60 bits per heavy atom. The Labute approximate surface area is 92.3 Å². The third-order valence-corrected chi connectivity index (χ3v) is 1.53. The van der Waals surface area contributed by atoms with Crippen LogP contribution in [-0.4, -0.2) is 21.0 Å². The number of carbonyl (C=O) groups is 1. The van der Waals surface area contributed by atoms with Crippen molar-refractivity contribution in [3.8, 4) is 0 Å². The lowest BCUT2D eigenvalue weighted by Crippen LogP contribution is -1.78. The molecule has 0 saturated heterocycles. The molecule has 2 aromatic rings. The summed E-state index contributed by atoms with van der Waals surface area (Å²) in [6, 6.07) is 5.81. The zero-order valence-electron chi connectivity index (χ0n) is 8.28. The van der Waals surface area contributed by atoms with Crippen LogP contribution in [-0.2, 0) is 4.79 Å². The van der Waals surface area contributed by atoms with Gasteiger partial charge in [-0.15, -0.1) is 0 Å². The molecule has 0 aliphatic rings. The quantitative estimate of drug-likeness (QED) is 0.746. The largest absolute Gasteiger partial charge is 0.481 e. The Bertz CT molecular complexity index is 276. The topological polar surface area (TPSA) is 63.1 Å². The van der Waals surface area contributed by atoms with Crippen molar-refractivity contribution in [3.05, 3.63) is 47.7 Å². The molecule has 0 fully saturated rings. The molecule has 80 valence electrons. The Balaban J connectivity index is 0.000000202. The minimum atomic E-state index is -0.833. The van der Waals surface area contributed by atoms with E-state index in [9.17, 15) is 0 Å². The maximum Gasteiger partial charge on any atom is 0.300 e. The Morgan fingerprint density at radius 3 is 1.73 bits per heavy atom. The van der Waals surface area contributed by atoms with Crippen LogP contribution in [0.15, 0.2) is 47.7 Å². The van der Waals surface area contributed by atoms with Crippen LogP contribution < -0.4 is 0 Å². The molecule has 0 atom stereocenters. The van der Waals surface area contributed by atoms with Crippen molar-refractivity contribution in [2.45, 2.75) is 6.92 Å². The van der Waals surface area contributed by atoms with Gasteiger partial charge in [0.2, 0.25) is 0 Å². The number of aromatic nitrogens is 2. The highest BCUT2D eigenvalue weighted by atomic mass is 32.1. The second-order valence-electron chi connectivity index (χ2n) is 2.22. The number of nitrogens with zero attached hydrogens (tertiary/aromatic N) is 2. The van der Waals surface area contributed by atoms with E-state index in [1.807, 2.05) is 22.9 Å². The Morgan fingerprint density at radius 1 is 1.13 bits per heavy atom. The first kappa shape index (κ1) is 13.2. The third kappa shape index (κ3) is 15.0. The highest BCUT2D eigenvalue weighted by molar-refractivity contribution is 7.07. The summed E-state index contributed by atoms with van der Waals surface area (Å²) in [7, 11) is 0. The number of rotatable bonds is 0. The smallest absolute Gasteiger partial charge is 0.300 e. The van der Waals surface area contributed by atoms with Gasteiger partial charge in [0.15, 0.2) is 0 Å². The molecule has 0 spiro atoms. The monoisotopic (exact) mass is 224 g/mol. The van der Waals surface area contributed by atoms with Gasteiger partial charge in [-0.05, 0) is 16.8 Å². The molecule has 2 heterocycles. The standard InChI is InChI=1S/C4H4N2.C4H4S.C2H4O2/c1-2-5-4-6-3-1;1-2-4-5-3-1;1-2(3)4/h1-4H;1-4H;1H3,(H,3,4). The van der Waals surface area contributed by atoms with Crippen molar-refractivity contribution in [3.63, 3.8) is 0 Å². The second kappa shape index (κ2) is 10.3. The van der Waals surface area contributed by atoms with Crippen molar-refractivity contribution in [2.75, 3.05) is 0 Å². The molecule has 2 aromatic heterocycles. The maximum absolute atomic E-state index is 9.00. The maximum atomic E-state index is 9.00. The first-order valence-electron chi connectivity index (χ1n) is 4.10. The molecule has 0 aliphatic carbocycles. The normalized spacial score (nSPS) is 7.53. The van der Waals surface area contributed by atoms with Gasteiger partial charge in [0.25, 0.3) is 5.97 Å². The van der Waals surface area contributed by atoms with Gasteiger partial charge < -0.3 is 5.11 Å². The lowest BCUT2D eigenvalue weighted by molar-refractivity contribution is -0.134. The molecule has 0 radical (unpaired) electrons.